The molecule has 1 amide bonds. The topological polar surface area (TPSA) is 75.5 Å². The Morgan fingerprint density at radius 2 is 2.11 bits per heavy atom. The van der Waals surface area contributed by atoms with E-state index in [9.17, 15) is 19.3 Å². The third-order valence-electron chi connectivity index (χ3n) is 2.35. The maximum atomic E-state index is 13.3. The second-order valence-corrected chi connectivity index (χ2v) is 3.99. The van der Waals surface area contributed by atoms with Gasteiger partial charge in [-0.1, -0.05) is 6.07 Å². The van der Waals surface area contributed by atoms with Gasteiger partial charge in [-0.25, -0.2) is 0 Å². The van der Waals surface area contributed by atoms with E-state index in [0.717, 1.165) is 6.07 Å². The molecule has 0 aliphatic carbocycles. The van der Waals surface area contributed by atoms with Crippen LogP contribution in [0.3, 0.4) is 0 Å². The van der Waals surface area contributed by atoms with Gasteiger partial charge in [0.1, 0.15) is 11.7 Å². The summed E-state index contributed by atoms with van der Waals surface area (Å²) in [5, 5.41) is 13.4. The van der Waals surface area contributed by atoms with E-state index in [0.29, 0.717) is 0 Å². The van der Waals surface area contributed by atoms with E-state index in [2.05, 4.69) is 5.32 Å². The first kappa shape index (κ1) is 13.9. The summed E-state index contributed by atoms with van der Waals surface area (Å²) in [6, 6.07) is 3.03. The van der Waals surface area contributed by atoms with E-state index < -0.39 is 22.5 Å². The lowest BCUT2D eigenvalue weighted by molar-refractivity contribution is -0.386. The Labute approximate surface area is 104 Å². The van der Waals surface area contributed by atoms with Crippen molar-refractivity contribution >= 4 is 17.3 Å². The van der Waals surface area contributed by atoms with Crippen LogP contribution in [0.2, 0.25) is 0 Å². The molecule has 98 valence electrons. The van der Waals surface area contributed by atoms with Crippen molar-refractivity contribution in [3.05, 3.63) is 34.1 Å². The first-order valence-electron chi connectivity index (χ1n) is 5.25. The maximum Gasteiger partial charge on any atom is 0.327 e. The summed E-state index contributed by atoms with van der Waals surface area (Å²) < 4.78 is 13.3. The van der Waals surface area contributed by atoms with Gasteiger partial charge in [0.05, 0.1) is 4.92 Å². The van der Waals surface area contributed by atoms with Crippen LogP contribution >= 0.6 is 0 Å². The molecule has 1 aromatic carbocycles. The average Bonchev–Trinajstić information content (AvgIpc) is 2.27. The number of anilines is 1. The molecule has 1 N–H and O–H groups in total. The molecule has 1 rings (SSSR count). The number of carbonyl (C=O) groups excluding carboxylic acids is 1. The summed E-state index contributed by atoms with van der Waals surface area (Å²) in [5.74, 6) is -1.19. The second-order valence-electron chi connectivity index (χ2n) is 3.99. The number of carbonyl (C=O) groups is 1. The second kappa shape index (κ2) is 5.44. The number of hydrogen-bond acceptors (Lipinski definition) is 4. The number of nitro benzene ring substituents is 1. The highest BCUT2D eigenvalue weighted by molar-refractivity contribution is 5.84. The monoisotopic (exact) mass is 255 g/mol. The zero-order valence-electron chi connectivity index (χ0n) is 10.3. The van der Waals surface area contributed by atoms with Crippen molar-refractivity contribution in [3.63, 3.8) is 0 Å². The van der Waals surface area contributed by atoms with Gasteiger partial charge in [0.2, 0.25) is 11.7 Å². The third kappa shape index (κ3) is 2.93. The van der Waals surface area contributed by atoms with Gasteiger partial charge < -0.3 is 10.2 Å². The molecule has 1 atom stereocenters. The van der Waals surface area contributed by atoms with Crippen LogP contribution in [0.25, 0.3) is 0 Å². The molecular weight excluding hydrogens is 241 g/mol. The predicted octanol–water partition coefficient (Wildman–Crippen LogP) is 1.62. The molecule has 0 bridgehead atoms. The highest BCUT2D eigenvalue weighted by Crippen LogP contribution is 2.27. The molecule has 0 fully saturated rings. The van der Waals surface area contributed by atoms with E-state index in [1.54, 1.807) is 21.0 Å². The molecule has 0 aliphatic heterocycles. The lowest BCUT2D eigenvalue weighted by atomic mass is 10.2. The van der Waals surface area contributed by atoms with E-state index in [-0.39, 0.29) is 11.6 Å². The molecule has 7 heteroatoms. The summed E-state index contributed by atoms with van der Waals surface area (Å²) in [6.07, 6.45) is 0. The van der Waals surface area contributed by atoms with Crippen LogP contribution in [0.5, 0.6) is 0 Å². The number of para-hydroxylation sites is 1. The van der Waals surface area contributed by atoms with Crippen molar-refractivity contribution in [1.29, 1.82) is 0 Å². The molecule has 0 aromatic heterocycles. The summed E-state index contributed by atoms with van der Waals surface area (Å²) in [7, 11) is 3.14. The number of nitrogens with zero attached hydrogens (tertiary/aromatic N) is 2. The fraction of sp³-hybridized carbons (Fsp3) is 0.364. The number of nitro groups is 1. The SMILES string of the molecule is CC(Nc1cccc(F)c1[N+](=O)[O-])C(=O)N(C)C. The van der Waals surface area contributed by atoms with Crippen molar-refractivity contribution < 1.29 is 14.1 Å². The first-order valence-corrected chi connectivity index (χ1v) is 5.25. The highest BCUT2D eigenvalue weighted by Gasteiger charge is 2.23. The number of halogens is 1. The van der Waals surface area contributed by atoms with E-state index in [1.807, 2.05) is 0 Å². The quantitative estimate of drug-likeness (QED) is 0.655. The Kier molecular flexibility index (Phi) is 4.19. The Bertz CT molecular complexity index is 477. The van der Waals surface area contributed by atoms with Gasteiger partial charge in [-0.15, -0.1) is 0 Å². The van der Waals surface area contributed by atoms with Gasteiger partial charge in [0.15, 0.2) is 0 Å². The molecule has 1 unspecified atom stereocenters. The van der Waals surface area contributed by atoms with Crippen LogP contribution in [-0.2, 0) is 4.79 Å². The van der Waals surface area contributed by atoms with Gasteiger partial charge in [-0.2, -0.15) is 4.39 Å². The molecule has 18 heavy (non-hydrogen) atoms. The summed E-state index contributed by atoms with van der Waals surface area (Å²) in [4.78, 5) is 22.9. The summed E-state index contributed by atoms with van der Waals surface area (Å²) >= 11 is 0. The molecule has 0 heterocycles. The Morgan fingerprint density at radius 1 is 1.50 bits per heavy atom. The Morgan fingerprint density at radius 3 is 2.61 bits per heavy atom. The lowest BCUT2D eigenvalue weighted by Gasteiger charge is -2.18. The number of likely N-dealkylation sites (N-methyl/N-ethyl adjacent to an activating group) is 1. The zero-order valence-corrected chi connectivity index (χ0v) is 10.3. The molecule has 1 aromatic rings. The van der Waals surface area contributed by atoms with Crippen LogP contribution in [0.1, 0.15) is 6.92 Å². The number of rotatable bonds is 4. The first-order chi connectivity index (χ1) is 8.34. The van der Waals surface area contributed by atoms with Gasteiger partial charge in [-0.05, 0) is 19.1 Å². The standard InChI is InChI=1S/C11H14FN3O3/c1-7(11(16)14(2)3)13-9-6-4-5-8(12)10(9)15(17)18/h4-7,13H,1-3H3. The summed E-state index contributed by atoms with van der Waals surface area (Å²) in [5.41, 5.74) is -0.668. The van der Waals surface area contributed by atoms with Crippen LogP contribution in [0.4, 0.5) is 15.8 Å². The molecule has 0 saturated carbocycles. The predicted molar refractivity (Wildman–Crippen MR) is 64.8 cm³/mol. The van der Waals surface area contributed by atoms with Crippen molar-refractivity contribution in [2.45, 2.75) is 13.0 Å². The fourth-order valence-electron chi connectivity index (χ4n) is 1.50. The summed E-state index contributed by atoms with van der Waals surface area (Å²) in [6.45, 7) is 1.55. The van der Waals surface area contributed by atoms with Gasteiger partial charge in [0, 0.05) is 14.1 Å². The zero-order chi connectivity index (χ0) is 13.9. The van der Waals surface area contributed by atoms with E-state index >= 15 is 0 Å². The number of nitrogens with one attached hydrogen (secondary N) is 1. The highest BCUT2D eigenvalue weighted by atomic mass is 19.1. The molecule has 0 radical (unpaired) electrons. The van der Waals surface area contributed by atoms with Crippen LogP contribution < -0.4 is 5.32 Å². The van der Waals surface area contributed by atoms with E-state index in [1.165, 1.54) is 17.0 Å². The van der Waals surface area contributed by atoms with Crippen LogP contribution in [0, 0.1) is 15.9 Å². The molecule has 6 nitrogen and oxygen atoms in total. The van der Waals surface area contributed by atoms with E-state index in [4.69, 9.17) is 0 Å². The minimum atomic E-state index is -0.936. The number of amides is 1. The average molecular weight is 255 g/mol. The van der Waals surface area contributed by atoms with Crippen molar-refractivity contribution in [2.24, 2.45) is 0 Å². The van der Waals surface area contributed by atoms with Crippen LogP contribution in [-0.4, -0.2) is 35.9 Å². The smallest absolute Gasteiger partial charge is 0.327 e. The third-order valence-corrected chi connectivity index (χ3v) is 2.35. The lowest BCUT2D eigenvalue weighted by Crippen LogP contribution is -2.36. The van der Waals surface area contributed by atoms with Crippen molar-refractivity contribution in [3.8, 4) is 0 Å². The minimum absolute atomic E-state index is 0.0114. The van der Waals surface area contributed by atoms with Crippen LogP contribution in [0.15, 0.2) is 18.2 Å². The molecule has 0 saturated heterocycles. The van der Waals surface area contributed by atoms with Crippen molar-refractivity contribution in [2.75, 3.05) is 19.4 Å². The minimum Gasteiger partial charge on any atom is -0.368 e. The number of hydrogen-bond donors (Lipinski definition) is 1. The van der Waals surface area contributed by atoms with Gasteiger partial charge >= 0.3 is 5.69 Å². The van der Waals surface area contributed by atoms with Gasteiger partial charge in [-0.3, -0.25) is 14.9 Å². The Hall–Kier alpha value is -2.18. The fourth-order valence-corrected chi connectivity index (χ4v) is 1.50. The normalized spacial score (nSPS) is 11.8. The molecule has 0 spiro atoms. The molecule has 0 aliphatic rings. The Balaban J connectivity index is 3.01. The number of benzene rings is 1. The molecular formula is C11H14FN3O3. The van der Waals surface area contributed by atoms with Crippen molar-refractivity contribution in [1.82, 2.24) is 4.90 Å². The largest absolute Gasteiger partial charge is 0.368 e. The maximum absolute atomic E-state index is 13.3. The van der Waals surface area contributed by atoms with Gasteiger partial charge in [0.25, 0.3) is 0 Å².